The second-order valence-electron chi connectivity index (χ2n) is 7.05. The quantitative estimate of drug-likeness (QED) is 0.617. The number of rotatable bonds is 2. The van der Waals surface area contributed by atoms with E-state index in [0.717, 1.165) is 18.7 Å². The summed E-state index contributed by atoms with van der Waals surface area (Å²) in [5.74, 6) is 0.592. The molecule has 9 heteroatoms. The van der Waals surface area contributed by atoms with E-state index in [1.54, 1.807) is 0 Å². The number of aliphatic imine (C=N–C) groups is 1. The highest BCUT2D eigenvalue weighted by Crippen LogP contribution is 2.49. The maximum Gasteiger partial charge on any atom is 0.410 e. The molecule has 0 radical (unpaired) electrons. The molecule has 0 amide bonds. The van der Waals surface area contributed by atoms with Crippen LogP contribution in [0.25, 0.3) is 0 Å². The molecule has 1 saturated carbocycles. The Balaban J connectivity index is 1.63. The highest BCUT2D eigenvalue weighted by Gasteiger charge is 2.58. The summed E-state index contributed by atoms with van der Waals surface area (Å²) in [5.41, 5.74) is 0.729. The number of amidine groups is 1. The lowest BCUT2D eigenvalue weighted by molar-refractivity contribution is -0.152. The Hall–Kier alpha value is -1.48. The molecule has 3 heterocycles. The minimum atomic E-state index is -4.38. The molecular weight excluding hydrogens is 356 g/mol. The molecule has 2 saturated heterocycles. The Morgan fingerprint density at radius 2 is 2.04 bits per heavy atom. The molecule has 25 heavy (non-hydrogen) atoms. The van der Waals surface area contributed by atoms with Crippen LogP contribution in [-0.4, -0.2) is 36.7 Å². The van der Waals surface area contributed by atoms with Gasteiger partial charge in [-0.15, -0.1) is 0 Å². The van der Waals surface area contributed by atoms with Crippen LogP contribution in [0.2, 0.25) is 0 Å². The van der Waals surface area contributed by atoms with Gasteiger partial charge in [-0.1, -0.05) is 0 Å². The maximum atomic E-state index is 14.1. The van der Waals surface area contributed by atoms with Crippen molar-refractivity contribution in [2.75, 3.05) is 11.4 Å². The van der Waals surface area contributed by atoms with Gasteiger partial charge in [0.05, 0.1) is 10.6 Å². The largest absolute Gasteiger partial charge is 0.410 e. The Bertz CT molecular complexity index is 761. The average Bonchev–Trinajstić information content (AvgIpc) is 3.20. The topological polar surface area (TPSA) is 39.7 Å². The molecule has 1 unspecified atom stereocenters. The van der Waals surface area contributed by atoms with Crippen molar-refractivity contribution < 1.29 is 17.6 Å². The van der Waals surface area contributed by atoms with Crippen molar-refractivity contribution in [3.63, 3.8) is 0 Å². The molecule has 0 spiro atoms. The van der Waals surface area contributed by atoms with E-state index in [0.29, 0.717) is 29.5 Å². The Labute approximate surface area is 146 Å². The molecule has 3 aliphatic heterocycles. The molecule has 134 valence electrons. The summed E-state index contributed by atoms with van der Waals surface area (Å²) >= 11 is 1.24. The van der Waals surface area contributed by atoms with Crippen LogP contribution in [0.3, 0.4) is 0 Å². The lowest BCUT2D eigenvalue weighted by Gasteiger charge is -2.39. The molecule has 0 aromatic heterocycles. The second kappa shape index (κ2) is 5.26. The first-order valence-corrected chi connectivity index (χ1v) is 9.17. The smallest absolute Gasteiger partial charge is 0.352 e. The van der Waals surface area contributed by atoms with Gasteiger partial charge in [0.25, 0.3) is 0 Å². The third-order valence-electron chi connectivity index (χ3n) is 5.31. The predicted molar refractivity (Wildman–Crippen MR) is 87.7 cm³/mol. The van der Waals surface area contributed by atoms with Crippen LogP contribution in [0.5, 0.6) is 0 Å². The van der Waals surface area contributed by atoms with Crippen molar-refractivity contribution in [3.05, 3.63) is 17.9 Å². The third-order valence-corrected chi connectivity index (χ3v) is 6.15. The summed E-state index contributed by atoms with van der Waals surface area (Å²) in [6.07, 6.45) is -1.90. The normalized spacial score (nSPS) is 31.0. The van der Waals surface area contributed by atoms with E-state index in [1.807, 2.05) is 0 Å². The molecule has 1 aliphatic carbocycles. The van der Waals surface area contributed by atoms with E-state index in [4.69, 9.17) is 0 Å². The van der Waals surface area contributed by atoms with E-state index in [2.05, 4.69) is 15.0 Å². The highest BCUT2D eigenvalue weighted by molar-refractivity contribution is 7.98. The van der Waals surface area contributed by atoms with Gasteiger partial charge in [-0.25, -0.2) is 9.38 Å². The van der Waals surface area contributed by atoms with Crippen molar-refractivity contribution >= 4 is 29.2 Å². The summed E-state index contributed by atoms with van der Waals surface area (Å²) in [5, 5.41) is 2.94. The lowest BCUT2D eigenvalue weighted by atomic mass is 10.1. The van der Waals surface area contributed by atoms with Crippen LogP contribution in [0.4, 0.5) is 28.9 Å². The van der Waals surface area contributed by atoms with Crippen LogP contribution < -0.4 is 14.9 Å². The van der Waals surface area contributed by atoms with Crippen molar-refractivity contribution in [1.29, 1.82) is 0 Å². The van der Waals surface area contributed by atoms with Crippen LogP contribution in [0.1, 0.15) is 19.3 Å². The number of piperazine rings is 1. The van der Waals surface area contributed by atoms with Gasteiger partial charge in [-0.3, -0.25) is 0 Å². The fraction of sp³-hybridized carbons (Fsp3) is 0.562. The lowest BCUT2D eigenvalue weighted by Crippen LogP contribution is -2.58. The molecule has 5 rings (SSSR count). The van der Waals surface area contributed by atoms with Crippen LogP contribution in [0, 0.1) is 11.7 Å². The van der Waals surface area contributed by atoms with Gasteiger partial charge < -0.3 is 14.9 Å². The summed E-state index contributed by atoms with van der Waals surface area (Å²) in [7, 11) is 0. The number of benzene rings is 1. The molecule has 3 fully saturated rings. The van der Waals surface area contributed by atoms with E-state index in [9.17, 15) is 17.6 Å². The highest BCUT2D eigenvalue weighted by atomic mass is 32.2. The summed E-state index contributed by atoms with van der Waals surface area (Å²) in [6.45, 7) is 0.479. The third kappa shape index (κ3) is 2.51. The number of hydrogen-bond acceptors (Lipinski definition) is 5. The van der Waals surface area contributed by atoms with Crippen molar-refractivity contribution in [3.8, 4) is 0 Å². The SMILES string of the molecule is Fc1cc2c(c(N3C(C(F)(F)F)[C@@H]4C[C@H]3CN4)c1)N=C(C1CC1)NS2. The maximum absolute atomic E-state index is 14.1. The Kier molecular flexibility index (Phi) is 3.31. The summed E-state index contributed by atoms with van der Waals surface area (Å²) < 4.78 is 58.3. The van der Waals surface area contributed by atoms with Gasteiger partial charge in [0.15, 0.2) is 0 Å². The number of nitrogens with one attached hydrogen (secondary N) is 2. The fourth-order valence-corrected chi connectivity index (χ4v) is 4.93. The van der Waals surface area contributed by atoms with E-state index in [1.165, 1.54) is 29.0 Å². The molecule has 1 aromatic carbocycles. The molecule has 3 atom stereocenters. The number of fused-ring (bicyclic) bond motifs is 3. The molecule has 4 aliphatic rings. The van der Waals surface area contributed by atoms with Gasteiger partial charge in [0.1, 0.15) is 23.4 Å². The van der Waals surface area contributed by atoms with Crippen LogP contribution in [-0.2, 0) is 0 Å². The Morgan fingerprint density at radius 1 is 1.24 bits per heavy atom. The second-order valence-corrected chi connectivity index (χ2v) is 7.89. The molecule has 4 nitrogen and oxygen atoms in total. The van der Waals surface area contributed by atoms with Gasteiger partial charge in [0, 0.05) is 24.5 Å². The number of anilines is 1. The first-order valence-electron chi connectivity index (χ1n) is 8.35. The van der Waals surface area contributed by atoms with Gasteiger partial charge in [-0.2, -0.15) is 13.2 Å². The monoisotopic (exact) mass is 372 g/mol. The Morgan fingerprint density at radius 3 is 2.76 bits per heavy atom. The number of nitrogens with zero attached hydrogens (tertiary/aromatic N) is 2. The number of halogens is 4. The zero-order valence-corrected chi connectivity index (χ0v) is 13.9. The number of hydrogen-bond donors (Lipinski definition) is 2. The molecule has 2 N–H and O–H groups in total. The molecule has 1 aromatic rings. The van der Waals surface area contributed by atoms with E-state index in [-0.39, 0.29) is 11.7 Å². The van der Waals surface area contributed by atoms with Crippen LogP contribution in [0.15, 0.2) is 22.0 Å². The average molecular weight is 372 g/mol. The van der Waals surface area contributed by atoms with E-state index >= 15 is 0 Å². The first kappa shape index (κ1) is 15.7. The van der Waals surface area contributed by atoms with Gasteiger partial charge in [0.2, 0.25) is 0 Å². The summed E-state index contributed by atoms with van der Waals surface area (Å²) in [6, 6.07) is -0.0411. The minimum absolute atomic E-state index is 0.262. The van der Waals surface area contributed by atoms with Crippen molar-refractivity contribution in [2.24, 2.45) is 10.9 Å². The van der Waals surface area contributed by atoms with Crippen molar-refractivity contribution in [1.82, 2.24) is 10.0 Å². The fourth-order valence-electron chi connectivity index (χ4n) is 4.08. The van der Waals surface area contributed by atoms with Crippen LogP contribution >= 0.6 is 11.9 Å². The molecule has 2 bridgehead atoms. The standard InChI is InChI=1S/C16H16F4N4S/c17-8-3-11(13-12(4-8)25-23-15(22-13)7-1-2-7)24-9-5-10(21-6-9)14(24)16(18,19)20/h3-4,7,9-10,14,21H,1-2,5-6H2,(H,22,23)/t9-,10-,14?/m0/s1. The molecular formula is C16H16F4N4S. The van der Waals surface area contributed by atoms with Gasteiger partial charge in [-0.05, 0) is 43.3 Å². The van der Waals surface area contributed by atoms with Gasteiger partial charge >= 0.3 is 6.18 Å². The summed E-state index contributed by atoms with van der Waals surface area (Å²) in [4.78, 5) is 6.47. The minimum Gasteiger partial charge on any atom is -0.352 e. The predicted octanol–water partition coefficient (Wildman–Crippen LogP) is 3.36. The zero-order chi connectivity index (χ0) is 17.3. The zero-order valence-electron chi connectivity index (χ0n) is 13.1. The van der Waals surface area contributed by atoms with Crippen molar-refractivity contribution in [2.45, 2.75) is 48.5 Å². The number of alkyl halides is 3. The van der Waals surface area contributed by atoms with E-state index < -0.39 is 24.1 Å². The first-order chi connectivity index (χ1) is 11.9.